The molecule has 0 saturated carbocycles. The molecule has 1 unspecified atom stereocenters. The summed E-state index contributed by atoms with van der Waals surface area (Å²) >= 11 is 0. The van der Waals surface area contributed by atoms with E-state index < -0.39 is 12.7 Å². The third-order valence-corrected chi connectivity index (χ3v) is 2.76. The van der Waals surface area contributed by atoms with E-state index in [0.717, 1.165) is 0 Å². The van der Waals surface area contributed by atoms with Crippen LogP contribution in [0.3, 0.4) is 0 Å². The molecular formula is C12H24F3IN4. The molecule has 1 aliphatic heterocycles. The highest BCUT2D eigenvalue weighted by atomic mass is 127. The molecule has 4 nitrogen and oxygen atoms in total. The Bertz CT molecular complexity index is 308. The largest absolute Gasteiger partial charge is 0.401 e. The first kappa shape index (κ1) is 19.8. The number of guanidine groups is 1. The van der Waals surface area contributed by atoms with Gasteiger partial charge in [-0.2, -0.15) is 13.2 Å². The molecule has 0 aromatic heterocycles. The molecule has 0 bridgehead atoms. The summed E-state index contributed by atoms with van der Waals surface area (Å²) in [6, 6.07) is 0.268. The molecule has 1 atom stereocenters. The van der Waals surface area contributed by atoms with Gasteiger partial charge in [-0.25, -0.2) is 0 Å². The highest BCUT2D eigenvalue weighted by molar-refractivity contribution is 14.0. The first-order valence-corrected chi connectivity index (χ1v) is 6.66. The molecular weight excluding hydrogens is 384 g/mol. The van der Waals surface area contributed by atoms with Gasteiger partial charge in [-0.1, -0.05) is 0 Å². The van der Waals surface area contributed by atoms with E-state index in [4.69, 9.17) is 0 Å². The maximum atomic E-state index is 12.3. The van der Waals surface area contributed by atoms with Crippen LogP contribution in [0.2, 0.25) is 0 Å². The second-order valence-corrected chi connectivity index (χ2v) is 5.10. The second-order valence-electron chi connectivity index (χ2n) is 5.10. The molecule has 0 spiro atoms. The summed E-state index contributed by atoms with van der Waals surface area (Å²) < 4.78 is 36.9. The lowest BCUT2D eigenvalue weighted by Crippen LogP contribution is -2.47. The number of rotatable bonds is 4. The maximum Gasteiger partial charge on any atom is 0.401 e. The van der Waals surface area contributed by atoms with Gasteiger partial charge in [0.25, 0.3) is 0 Å². The van der Waals surface area contributed by atoms with Crippen LogP contribution in [0.25, 0.3) is 0 Å². The zero-order chi connectivity index (χ0) is 14.5. The highest BCUT2D eigenvalue weighted by Crippen LogP contribution is 2.19. The van der Waals surface area contributed by atoms with Crippen molar-refractivity contribution < 1.29 is 13.2 Å². The van der Waals surface area contributed by atoms with E-state index in [1.54, 1.807) is 0 Å². The van der Waals surface area contributed by atoms with Crippen molar-refractivity contribution in [3.8, 4) is 0 Å². The van der Waals surface area contributed by atoms with Crippen LogP contribution in [0.5, 0.6) is 0 Å². The molecule has 0 radical (unpaired) electrons. The number of alkyl halides is 3. The van der Waals surface area contributed by atoms with Gasteiger partial charge in [0, 0.05) is 31.7 Å². The molecule has 120 valence electrons. The molecule has 0 aromatic carbocycles. The number of halogens is 4. The van der Waals surface area contributed by atoms with Crippen LogP contribution in [-0.2, 0) is 0 Å². The average molecular weight is 408 g/mol. The summed E-state index contributed by atoms with van der Waals surface area (Å²) in [4.78, 5) is 5.71. The molecule has 8 heteroatoms. The topological polar surface area (TPSA) is 39.7 Å². The van der Waals surface area contributed by atoms with Crippen molar-refractivity contribution in [1.82, 2.24) is 15.5 Å². The zero-order valence-corrected chi connectivity index (χ0v) is 14.5. The molecule has 1 fully saturated rings. The van der Waals surface area contributed by atoms with E-state index in [2.05, 4.69) is 15.6 Å². The number of nitrogens with one attached hydrogen (secondary N) is 2. The summed E-state index contributed by atoms with van der Waals surface area (Å²) in [7, 11) is 0. The van der Waals surface area contributed by atoms with E-state index in [-0.39, 0.29) is 36.1 Å². The van der Waals surface area contributed by atoms with Crippen LogP contribution in [0.4, 0.5) is 13.2 Å². The van der Waals surface area contributed by atoms with Crippen molar-refractivity contribution in [2.75, 3.05) is 26.2 Å². The summed E-state index contributed by atoms with van der Waals surface area (Å²) in [6.45, 7) is 6.60. The number of hydrogen-bond acceptors (Lipinski definition) is 2. The monoisotopic (exact) mass is 408 g/mol. The fraction of sp³-hybridized carbons (Fsp3) is 0.917. The first-order chi connectivity index (χ1) is 8.80. The lowest BCUT2D eigenvalue weighted by atomic mass is 10.3. The van der Waals surface area contributed by atoms with Gasteiger partial charge in [-0.3, -0.25) is 9.89 Å². The van der Waals surface area contributed by atoms with Gasteiger partial charge in [0.2, 0.25) is 0 Å². The Morgan fingerprint density at radius 1 is 1.40 bits per heavy atom. The third-order valence-electron chi connectivity index (χ3n) is 2.76. The Kier molecular flexibility index (Phi) is 8.80. The second kappa shape index (κ2) is 8.91. The Balaban J connectivity index is 0.00000361. The van der Waals surface area contributed by atoms with Gasteiger partial charge in [0.15, 0.2) is 5.96 Å². The molecule has 20 heavy (non-hydrogen) atoms. The first-order valence-electron chi connectivity index (χ1n) is 6.66. The molecule has 2 N–H and O–H groups in total. The van der Waals surface area contributed by atoms with Crippen LogP contribution in [-0.4, -0.2) is 55.3 Å². The number of aliphatic imine (C=N–C) groups is 1. The molecule has 0 aromatic rings. The van der Waals surface area contributed by atoms with Crippen LogP contribution in [0.15, 0.2) is 4.99 Å². The summed E-state index contributed by atoms with van der Waals surface area (Å²) in [5.41, 5.74) is 0. The van der Waals surface area contributed by atoms with Gasteiger partial charge in [-0.05, 0) is 27.2 Å². The maximum absolute atomic E-state index is 12.3. The van der Waals surface area contributed by atoms with Gasteiger partial charge in [-0.15, -0.1) is 24.0 Å². The lowest BCUT2D eigenvalue weighted by molar-refractivity contribution is -0.143. The Morgan fingerprint density at radius 2 is 2.05 bits per heavy atom. The van der Waals surface area contributed by atoms with Crippen molar-refractivity contribution in [2.45, 2.75) is 45.5 Å². The quantitative estimate of drug-likeness (QED) is 0.426. The van der Waals surface area contributed by atoms with Crippen molar-refractivity contribution in [3.63, 3.8) is 0 Å². The smallest absolute Gasteiger partial charge is 0.354 e. The van der Waals surface area contributed by atoms with Crippen LogP contribution >= 0.6 is 24.0 Å². The minimum atomic E-state index is -4.12. The number of hydrogen-bond donors (Lipinski definition) is 2. The van der Waals surface area contributed by atoms with E-state index in [1.807, 2.05) is 20.8 Å². The number of nitrogens with zero attached hydrogens (tertiary/aromatic N) is 2. The average Bonchev–Trinajstić information content (AvgIpc) is 2.61. The molecule has 0 aliphatic carbocycles. The SMILES string of the molecule is CCN=C(NC(C)C)NC1CCN(CC(F)(F)F)C1.I. The standard InChI is InChI=1S/C12H23F3N4.HI/c1-4-16-11(17-9(2)3)18-10-5-6-19(7-10)8-12(13,14)15;/h9-10H,4-8H2,1-3H3,(H2,16,17,18);1H. The lowest BCUT2D eigenvalue weighted by Gasteiger charge is -2.21. The fourth-order valence-corrected chi connectivity index (χ4v) is 2.11. The Morgan fingerprint density at radius 3 is 2.55 bits per heavy atom. The minimum Gasteiger partial charge on any atom is -0.354 e. The van der Waals surface area contributed by atoms with E-state index >= 15 is 0 Å². The Labute approximate surface area is 135 Å². The zero-order valence-electron chi connectivity index (χ0n) is 12.1. The van der Waals surface area contributed by atoms with E-state index in [1.165, 1.54) is 4.90 Å². The number of likely N-dealkylation sites (tertiary alicyclic amines) is 1. The molecule has 1 aliphatic rings. The third kappa shape index (κ3) is 8.13. The van der Waals surface area contributed by atoms with Crippen molar-refractivity contribution in [2.24, 2.45) is 4.99 Å². The highest BCUT2D eigenvalue weighted by Gasteiger charge is 2.34. The summed E-state index contributed by atoms with van der Waals surface area (Å²) in [5, 5.41) is 6.36. The fourth-order valence-electron chi connectivity index (χ4n) is 2.11. The van der Waals surface area contributed by atoms with E-state index in [0.29, 0.717) is 32.0 Å². The van der Waals surface area contributed by atoms with Crippen molar-refractivity contribution >= 4 is 29.9 Å². The molecule has 1 rings (SSSR count). The summed E-state index contributed by atoms with van der Waals surface area (Å²) in [5.74, 6) is 0.677. The minimum absolute atomic E-state index is 0. The van der Waals surface area contributed by atoms with Gasteiger partial charge in [0.1, 0.15) is 0 Å². The van der Waals surface area contributed by atoms with Crippen molar-refractivity contribution in [3.05, 3.63) is 0 Å². The van der Waals surface area contributed by atoms with Crippen molar-refractivity contribution in [1.29, 1.82) is 0 Å². The van der Waals surface area contributed by atoms with Gasteiger partial charge < -0.3 is 10.6 Å². The van der Waals surface area contributed by atoms with E-state index in [9.17, 15) is 13.2 Å². The summed E-state index contributed by atoms with van der Waals surface area (Å²) in [6.07, 6.45) is -3.41. The molecule has 1 saturated heterocycles. The predicted octanol–water partition coefficient (Wildman–Crippen LogP) is 2.20. The molecule has 0 amide bonds. The molecule has 1 heterocycles. The van der Waals surface area contributed by atoms with Crippen LogP contribution < -0.4 is 10.6 Å². The van der Waals surface area contributed by atoms with Crippen LogP contribution in [0.1, 0.15) is 27.2 Å². The predicted molar refractivity (Wildman–Crippen MR) is 85.7 cm³/mol. The van der Waals surface area contributed by atoms with Gasteiger partial charge >= 0.3 is 6.18 Å². The Hall–Kier alpha value is -0.250. The van der Waals surface area contributed by atoms with Gasteiger partial charge in [0.05, 0.1) is 6.54 Å². The van der Waals surface area contributed by atoms with Crippen LogP contribution in [0, 0.1) is 0 Å². The normalized spacial score (nSPS) is 20.9.